The molecule has 8 heteroatoms. The van der Waals surface area contributed by atoms with E-state index in [9.17, 15) is 19.1 Å². The van der Waals surface area contributed by atoms with Gasteiger partial charge in [0, 0.05) is 29.3 Å². The van der Waals surface area contributed by atoms with Crippen LogP contribution in [-0.4, -0.2) is 29.6 Å². The summed E-state index contributed by atoms with van der Waals surface area (Å²) >= 11 is 11.8. The minimum Gasteiger partial charge on any atom is -0.396 e. The molecule has 0 saturated carbocycles. The second kappa shape index (κ2) is 8.25. The molecule has 0 fully saturated rings. The molecule has 2 unspecified atom stereocenters. The zero-order valence-electron chi connectivity index (χ0n) is 14.1. The summed E-state index contributed by atoms with van der Waals surface area (Å²) < 4.78 is 13.5. The lowest BCUT2D eigenvalue weighted by molar-refractivity contribution is -0.136. The Morgan fingerprint density at radius 1 is 1.15 bits per heavy atom. The van der Waals surface area contributed by atoms with Gasteiger partial charge >= 0.3 is 11.8 Å². The predicted octanol–water partition coefficient (Wildman–Crippen LogP) is 3.28. The molecule has 3 rings (SSSR count). The van der Waals surface area contributed by atoms with Crippen LogP contribution in [0.2, 0.25) is 10.0 Å². The van der Waals surface area contributed by atoms with Gasteiger partial charge in [-0.3, -0.25) is 9.59 Å². The predicted molar refractivity (Wildman–Crippen MR) is 102 cm³/mol. The first-order valence-electron chi connectivity index (χ1n) is 8.35. The van der Waals surface area contributed by atoms with Gasteiger partial charge in [-0.15, -0.1) is 0 Å². The van der Waals surface area contributed by atoms with Gasteiger partial charge in [0.05, 0.1) is 5.02 Å². The number of rotatable bonds is 4. The molecule has 2 aromatic carbocycles. The molecule has 2 atom stereocenters. The fourth-order valence-electron chi connectivity index (χ4n) is 3.36. The Morgan fingerprint density at radius 2 is 1.93 bits per heavy atom. The summed E-state index contributed by atoms with van der Waals surface area (Å²) in [6.07, 6.45) is 0.899. The van der Waals surface area contributed by atoms with Crippen molar-refractivity contribution in [2.24, 2.45) is 0 Å². The maximum absolute atomic E-state index is 13.5. The van der Waals surface area contributed by atoms with E-state index in [1.54, 1.807) is 6.07 Å². The number of hydrogen-bond acceptors (Lipinski definition) is 3. The Balaban J connectivity index is 1.70. The number of benzene rings is 2. The number of nitrogens with one attached hydrogen (secondary N) is 2. The third-order valence-corrected chi connectivity index (χ3v) is 5.27. The van der Waals surface area contributed by atoms with Gasteiger partial charge in [-0.05, 0) is 48.2 Å². The second-order valence-electron chi connectivity index (χ2n) is 6.29. The number of halogens is 3. The number of aliphatic hydroxyl groups is 1. The van der Waals surface area contributed by atoms with E-state index in [0.29, 0.717) is 17.9 Å². The molecule has 0 aromatic heterocycles. The van der Waals surface area contributed by atoms with Gasteiger partial charge in [0.25, 0.3) is 0 Å². The average Bonchev–Trinajstić information content (AvgIpc) is 2.97. The van der Waals surface area contributed by atoms with Gasteiger partial charge in [-0.2, -0.15) is 0 Å². The molecule has 3 N–H and O–H groups in total. The van der Waals surface area contributed by atoms with Crippen LogP contribution in [0.1, 0.15) is 23.5 Å². The molecule has 0 radical (unpaired) electrons. The van der Waals surface area contributed by atoms with Crippen LogP contribution in [0.5, 0.6) is 0 Å². The maximum atomic E-state index is 13.5. The van der Waals surface area contributed by atoms with E-state index in [-0.39, 0.29) is 29.3 Å². The Hall–Kier alpha value is -2.15. The van der Waals surface area contributed by atoms with Crippen molar-refractivity contribution in [3.63, 3.8) is 0 Å². The van der Waals surface area contributed by atoms with Crippen LogP contribution < -0.4 is 10.6 Å². The summed E-state index contributed by atoms with van der Waals surface area (Å²) in [5.41, 5.74) is 1.99. The van der Waals surface area contributed by atoms with E-state index in [1.807, 2.05) is 12.1 Å². The van der Waals surface area contributed by atoms with Gasteiger partial charge in [0.2, 0.25) is 0 Å². The fraction of sp³-hybridized carbons (Fsp3) is 0.263. The standard InChI is InChI=1S/C19H17Cl2FN2O3/c20-14-3-1-2-11-12(6-7-25)17(9-13(11)14)24-19(27)18(26)23-10-4-5-15(21)16(22)8-10/h1-5,8,12,17,25H,6-7,9H2,(H,23,26)(H,24,27). The summed E-state index contributed by atoms with van der Waals surface area (Å²) in [6, 6.07) is 8.85. The first-order valence-corrected chi connectivity index (χ1v) is 9.11. The molecule has 2 amide bonds. The van der Waals surface area contributed by atoms with Crippen LogP contribution in [0.15, 0.2) is 36.4 Å². The third-order valence-electron chi connectivity index (χ3n) is 4.60. The molecule has 142 valence electrons. The van der Waals surface area contributed by atoms with E-state index in [2.05, 4.69) is 10.6 Å². The lowest BCUT2D eigenvalue weighted by Gasteiger charge is -2.20. The number of fused-ring (bicyclic) bond motifs is 1. The van der Waals surface area contributed by atoms with Crippen LogP contribution in [0.4, 0.5) is 10.1 Å². The number of carbonyl (C=O) groups excluding carboxylic acids is 2. The van der Waals surface area contributed by atoms with Crippen molar-refractivity contribution in [3.8, 4) is 0 Å². The van der Waals surface area contributed by atoms with Gasteiger partial charge in [0.1, 0.15) is 5.82 Å². The van der Waals surface area contributed by atoms with Crippen molar-refractivity contribution in [1.29, 1.82) is 0 Å². The number of aliphatic hydroxyl groups excluding tert-OH is 1. The van der Waals surface area contributed by atoms with Gasteiger partial charge in [-0.1, -0.05) is 35.3 Å². The lowest BCUT2D eigenvalue weighted by Crippen LogP contribution is -2.44. The van der Waals surface area contributed by atoms with Gasteiger partial charge in [0.15, 0.2) is 0 Å². The molecule has 2 aromatic rings. The second-order valence-corrected chi connectivity index (χ2v) is 7.11. The SMILES string of the molecule is O=C(Nc1ccc(Cl)c(F)c1)C(=O)NC1Cc2c(Cl)cccc2C1CCO. The molecule has 1 aliphatic carbocycles. The summed E-state index contributed by atoms with van der Waals surface area (Å²) in [5.74, 6) is -2.60. The molecule has 0 bridgehead atoms. The monoisotopic (exact) mass is 410 g/mol. The number of hydrogen-bond donors (Lipinski definition) is 3. The molecule has 27 heavy (non-hydrogen) atoms. The van der Waals surface area contributed by atoms with Crippen LogP contribution in [0.25, 0.3) is 0 Å². The number of anilines is 1. The molecule has 0 spiro atoms. The average molecular weight is 411 g/mol. The van der Waals surface area contributed by atoms with Crippen molar-refractivity contribution in [1.82, 2.24) is 5.32 Å². The summed E-state index contributed by atoms with van der Waals surface area (Å²) in [6.45, 7) is -0.0563. The highest BCUT2D eigenvalue weighted by molar-refractivity contribution is 6.39. The Bertz CT molecular complexity index is 891. The van der Waals surface area contributed by atoms with Crippen molar-refractivity contribution >= 4 is 40.7 Å². The van der Waals surface area contributed by atoms with Crippen molar-refractivity contribution < 1.29 is 19.1 Å². The van der Waals surface area contributed by atoms with E-state index in [1.165, 1.54) is 12.1 Å². The third kappa shape index (κ3) is 4.24. The molecule has 0 saturated heterocycles. The van der Waals surface area contributed by atoms with Crippen LogP contribution in [0, 0.1) is 5.82 Å². The molecule has 0 aliphatic heterocycles. The fourth-order valence-corrected chi connectivity index (χ4v) is 3.74. The minimum atomic E-state index is -0.915. The smallest absolute Gasteiger partial charge is 0.313 e. The van der Waals surface area contributed by atoms with E-state index in [0.717, 1.165) is 17.2 Å². The van der Waals surface area contributed by atoms with Gasteiger partial charge < -0.3 is 15.7 Å². The van der Waals surface area contributed by atoms with Crippen LogP contribution >= 0.6 is 23.2 Å². The molecule has 0 heterocycles. The van der Waals surface area contributed by atoms with Crippen LogP contribution in [0.3, 0.4) is 0 Å². The lowest BCUT2D eigenvalue weighted by atomic mass is 9.95. The Labute approximate surface area is 165 Å². The summed E-state index contributed by atoms with van der Waals surface area (Å²) in [4.78, 5) is 24.4. The topological polar surface area (TPSA) is 78.4 Å². The normalized spacial score (nSPS) is 18.1. The molecular weight excluding hydrogens is 394 g/mol. The summed E-state index contributed by atoms with van der Waals surface area (Å²) in [5, 5.41) is 14.9. The van der Waals surface area contributed by atoms with Crippen molar-refractivity contribution in [2.45, 2.75) is 24.8 Å². The number of carbonyl (C=O) groups is 2. The van der Waals surface area contributed by atoms with Crippen LogP contribution in [-0.2, 0) is 16.0 Å². The zero-order valence-corrected chi connectivity index (χ0v) is 15.6. The highest BCUT2D eigenvalue weighted by Gasteiger charge is 2.35. The Morgan fingerprint density at radius 3 is 2.63 bits per heavy atom. The van der Waals surface area contributed by atoms with E-state index in [4.69, 9.17) is 23.2 Å². The maximum Gasteiger partial charge on any atom is 0.313 e. The quantitative estimate of drug-likeness (QED) is 0.676. The van der Waals surface area contributed by atoms with Crippen molar-refractivity contribution in [2.75, 3.05) is 11.9 Å². The first kappa shape index (κ1) is 19.6. The highest BCUT2D eigenvalue weighted by Crippen LogP contribution is 2.39. The largest absolute Gasteiger partial charge is 0.396 e. The summed E-state index contributed by atoms with van der Waals surface area (Å²) in [7, 11) is 0. The molecule has 1 aliphatic rings. The molecular formula is C19H17Cl2FN2O3. The Kier molecular flexibility index (Phi) is 5.99. The molecule has 5 nitrogen and oxygen atoms in total. The van der Waals surface area contributed by atoms with Crippen molar-refractivity contribution in [3.05, 3.63) is 63.4 Å². The minimum absolute atomic E-state index is 0.0563. The number of amides is 2. The van der Waals surface area contributed by atoms with Gasteiger partial charge in [-0.25, -0.2) is 4.39 Å². The van der Waals surface area contributed by atoms with E-state index >= 15 is 0 Å². The highest BCUT2D eigenvalue weighted by atomic mass is 35.5. The zero-order chi connectivity index (χ0) is 19.6. The van der Waals surface area contributed by atoms with E-state index < -0.39 is 17.6 Å². The first-order chi connectivity index (χ1) is 12.9.